The summed E-state index contributed by atoms with van der Waals surface area (Å²) in [5.74, 6) is 0.816. The number of methoxy groups -OCH3 is 1. The highest BCUT2D eigenvalue weighted by Gasteiger charge is 2.14. The number of hydrogen-bond acceptors (Lipinski definition) is 5. The van der Waals surface area contributed by atoms with Crippen LogP contribution in [0.5, 0.6) is 0 Å². The van der Waals surface area contributed by atoms with E-state index < -0.39 is 0 Å². The molecule has 0 saturated heterocycles. The molecular weight excluding hydrogens is 322 g/mol. The Kier molecular flexibility index (Phi) is 5.63. The lowest BCUT2D eigenvalue weighted by molar-refractivity contribution is 0.198. The zero-order valence-corrected chi connectivity index (χ0v) is 13.2. The number of nitrogens with one attached hydrogen (secondary N) is 1. The van der Waals surface area contributed by atoms with Crippen LogP contribution in [0.4, 0.5) is 0 Å². The number of tetrazole rings is 1. The average molecular weight is 340 g/mol. The van der Waals surface area contributed by atoms with Crippen LogP contribution in [0, 0.1) is 0 Å². The molecule has 1 unspecified atom stereocenters. The molecule has 2 rings (SSSR count). The fourth-order valence-electron chi connectivity index (χ4n) is 1.89. The molecule has 2 aromatic rings. The molecular formula is C13H18BrN5O. The van der Waals surface area contributed by atoms with Gasteiger partial charge >= 0.3 is 0 Å². The monoisotopic (exact) mass is 339 g/mol. The molecule has 108 valence electrons. The summed E-state index contributed by atoms with van der Waals surface area (Å²) in [6, 6.07) is 8.27. The Morgan fingerprint density at radius 3 is 2.80 bits per heavy atom. The van der Waals surface area contributed by atoms with Gasteiger partial charge in [0.2, 0.25) is 0 Å². The highest BCUT2D eigenvalue weighted by molar-refractivity contribution is 9.10. The van der Waals surface area contributed by atoms with Gasteiger partial charge in [0.25, 0.3) is 0 Å². The summed E-state index contributed by atoms with van der Waals surface area (Å²) in [5.41, 5.74) is 1.17. The number of hydrogen-bond donors (Lipinski definition) is 1. The molecule has 0 amide bonds. The number of aromatic nitrogens is 4. The van der Waals surface area contributed by atoms with Gasteiger partial charge in [0.15, 0.2) is 5.82 Å². The molecule has 1 aromatic carbocycles. The van der Waals surface area contributed by atoms with Crippen molar-refractivity contribution < 1.29 is 4.74 Å². The van der Waals surface area contributed by atoms with E-state index in [9.17, 15) is 0 Å². The van der Waals surface area contributed by atoms with E-state index in [4.69, 9.17) is 4.74 Å². The first-order valence-electron chi connectivity index (χ1n) is 6.44. The molecule has 20 heavy (non-hydrogen) atoms. The SMILES string of the molecule is COCCNCc1nnnn1C(C)c1ccc(Br)cc1. The van der Waals surface area contributed by atoms with E-state index in [-0.39, 0.29) is 6.04 Å². The van der Waals surface area contributed by atoms with Gasteiger partial charge in [0, 0.05) is 18.1 Å². The van der Waals surface area contributed by atoms with Crippen molar-refractivity contribution in [2.45, 2.75) is 19.5 Å². The molecule has 0 spiro atoms. The Labute approximate surface area is 126 Å². The van der Waals surface area contributed by atoms with Crippen molar-refractivity contribution in [2.75, 3.05) is 20.3 Å². The average Bonchev–Trinajstić information content (AvgIpc) is 2.92. The first-order chi connectivity index (χ1) is 9.72. The van der Waals surface area contributed by atoms with Crippen LogP contribution >= 0.6 is 15.9 Å². The molecule has 0 fully saturated rings. The standard InChI is InChI=1S/C13H18BrN5O/c1-10(11-3-5-12(14)6-4-11)19-13(16-17-18-19)9-15-7-8-20-2/h3-6,10,15H,7-9H2,1-2H3. The summed E-state index contributed by atoms with van der Waals surface area (Å²) in [4.78, 5) is 0. The fraction of sp³-hybridized carbons (Fsp3) is 0.462. The third-order valence-corrected chi connectivity index (χ3v) is 3.57. The van der Waals surface area contributed by atoms with Crippen molar-refractivity contribution in [1.29, 1.82) is 0 Å². The van der Waals surface area contributed by atoms with Crippen LogP contribution in [0.15, 0.2) is 28.7 Å². The van der Waals surface area contributed by atoms with Crippen LogP contribution < -0.4 is 5.32 Å². The van der Waals surface area contributed by atoms with E-state index in [1.54, 1.807) is 7.11 Å². The number of benzene rings is 1. The summed E-state index contributed by atoms with van der Waals surface area (Å²) >= 11 is 3.44. The van der Waals surface area contributed by atoms with Crippen molar-refractivity contribution in [1.82, 2.24) is 25.5 Å². The molecule has 0 radical (unpaired) electrons. The maximum Gasteiger partial charge on any atom is 0.165 e. The van der Waals surface area contributed by atoms with Crippen LogP contribution in [0.25, 0.3) is 0 Å². The topological polar surface area (TPSA) is 64.9 Å². The Morgan fingerprint density at radius 1 is 1.35 bits per heavy atom. The molecule has 6 nitrogen and oxygen atoms in total. The largest absolute Gasteiger partial charge is 0.383 e. The Morgan fingerprint density at radius 2 is 2.10 bits per heavy atom. The second-order valence-electron chi connectivity index (χ2n) is 4.44. The molecule has 0 saturated carbocycles. The molecule has 7 heteroatoms. The maximum atomic E-state index is 4.99. The van der Waals surface area contributed by atoms with Crippen molar-refractivity contribution in [2.24, 2.45) is 0 Å². The van der Waals surface area contributed by atoms with Crippen LogP contribution in [-0.2, 0) is 11.3 Å². The van der Waals surface area contributed by atoms with Crippen LogP contribution in [0.2, 0.25) is 0 Å². The van der Waals surface area contributed by atoms with Gasteiger partial charge in [0.1, 0.15) is 0 Å². The molecule has 1 atom stereocenters. The van der Waals surface area contributed by atoms with Gasteiger partial charge in [0.05, 0.1) is 19.2 Å². The summed E-state index contributed by atoms with van der Waals surface area (Å²) in [7, 11) is 1.68. The fourth-order valence-corrected chi connectivity index (χ4v) is 2.15. The van der Waals surface area contributed by atoms with Gasteiger partial charge in [-0.25, -0.2) is 4.68 Å². The lowest BCUT2D eigenvalue weighted by Gasteiger charge is -2.14. The zero-order valence-electron chi connectivity index (χ0n) is 11.6. The minimum Gasteiger partial charge on any atom is -0.383 e. The minimum atomic E-state index is 0.0947. The first-order valence-corrected chi connectivity index (χ1v) is 7.23. The second kappa shape index (κ2) is 7.47. The number of halogens is 1. The number of nitrogens with zero attached hydrogens (tertiary/aromatic N) is 4. The van der Waals surface area contributed by atoms with Crippen LogP contribution in [-0.4, -0.2) is 40.5 Å². The van der Waals surface area contributed by atoms with Gasteiger partial charge in [-0.15, -0.1) is 5.10 Å². The minimum absolute atomic E-state index is 0.0947. The van der Waals surface area contributed by atoms with Gasteiger partial charge in [-0.3, -0.25) is 0 Å². The summed E-state index contributed by atoms with van der Waals surface area (Å²) in [6.07, 6.45) is 0. The highest BCUT2D eigenvalue weighted by Crippen LogP contribution is 2.20. The van der Waals surface area contributed by atoms with Gasteiger partial charge < -0.3 is 10.1 Å². The van der Waals surface area contributed by atoms with E-state index in [0.717, 1.165) is 16.8 Å². The summed E-state index contributed by atoms with van der Waals surface area (Å²) < 4.78 is 7.89. The summed E-state index contributed by atoms with van der Waals surface area (Å²) in [6.45, 7) is 4.15. The highest BCUT2D eigenvalue weighted by atomic mass is 79.9. The van der Waals surface area contributed by atoms with Crippen molar-refractivity contribution >= 4 is 15.9 Å². The first kappa shape index (κ1) is 15.1. The predicted octanol–water partition coefficient (Wildman–Crippen LogP) is 1.78. The number of rotatable bonds is 7. The van der Waals surface area contributed by atoms with E-state index in [2.05, 4.69) is 55.8 Å². The van der Waals surface area contributed by atoms with Gasteiger partial charge in [-0.2, -0.15) is 0 Å². The quantitative estimate of drug-likeness (QED) is 0.779. The molecule has 0 bridgehead atoms. The van der Waals surface area contributed by atoms with Crippen molar-refractivity contribution in [3.63, 3.8) is 0 Å². The molecule has 0 aliphatic carbocycles. The molecule has 0 aliphatic rings. The maximum absolute atomic E-state index is 4.99. The van der Waals surface area contributed by atoms with E-state index >= 15 is 0 Å². The van der Waals surface area contributed by atoms with E-state index in [1.807, 2.05) is 16.8 Å². The van der Waals surface area contributed by atoms with Gasteiger partial charge in [-0.05, 0) is 35.0 Å². The third-order valence-electron chi connectivity index (χ3n) is 3.05. The zero-order chi connectivity index (χ0) is 14.4. The molecule has 0 aliphatic heterocycles. The molecule has 1 heterocycles. The Balaban J connectivity index is 2.04. The van der Waals surface area contributed by atoms with E-state index in [1.165, 1.54) is 5.56 Å². The normalized spacial score (nSPS) is 12.6. The predicted molar refractivity (Wildman–Crippen MR) is 79.4 cm³/mol. The van der Waals surface area contributed by atoms with E-state index in [0.29, 0.717) is 13.2 Å². The van der Waals surface area contributed by atoms with Gasteiger partial charge in [-0.1, -0.05) is 28.1 Å². The van der Waals surface area contributed by atoms with Crippen molar-refractivity contribution in [3.05, 3.63) is 40.1 Å². The molecule has 1 N–H and O–H groups in total. The Hall–Kier alpha value is -1.31. The Bertz CT molecular complexity index is 528. The van der Waals surface area contributed by atoms with Crippen LogP contribution in [0.3, 0.4) is 0 Å². The van der Waals surface area contributed by atoms with Crippen LogP contribution in [0.1, 0.15) is 24.4 Å². The lowest BCUT2D eigenvalue weighted by Crippen LogP contribution is -2.22. The summed E-state index contributed by atoms with van der Waals surface area (Å²) in [5, 5.41) is 15.2. The van der Waals surface area contributed by atoms with Crippen molar-refractivity contribution in [3.8, 4) is 0 Å². The number of ether oxygens (including phenoxy) is 1. The lowest BCUT2D eigenvalue weighted by atomic mass is 10.1. The molecule has 1 aromatic heterocycles. The smallest absolute Gasteiger partial charge is 0.165 e. The third kappa shape index (κ3) is 3.84. The second-order valence-corrected chi connectivity index (χ2v) is 5.35.